The summed E-state index contributed by atoms with van der Waals surface area (Å²) in [6.07, 6.45) is 3.09. The van der Waals surface area contributed by atoms with Crippen molar-refractivity contribution in [3.05, 3.63) is 53.9 Å². The number of rotatable bonds is 5. The number of hydrogen-bond acceptors (Lipinski definition) is 7. The fourth-order valence-electron chi connectivity index (χ4n) is 4.22. The highest BCUT2D eigenvalue weighted by molar-refractivity contribution is 7.89. The van der Waals surface area contributed by atoms with Gasteiger partial charge in [-0.3, -0.25) is 14.5 Å². The lowest BCUT2D eigenvalue weighted by atomic mass is 10.1. The molecule has 0 unspecified atom stereocenters. The third kappa shape index (κ3) is 3.77. The van der Waals surface area contributed by atoms with E-state index in [1.165, 1.54) is 10.5 Å². The topological polar surface area (TPSA) is 132 Å². The number of sulfonamides is 1. The van der Waals surface area contributed by atoms with E-state index >= 15 is 0 Å². The smallest absolute Gasteiger partial charge is 0.252 e. The lowest BCUT2D eigenvalue weighted by Crippen LogP contribution is -2.40. The Balaban J connectivity index is 1.70. The van der Waals surface area contributed by atoms with Crippen LogP contribution in [0.25, 0.3) is 21.8 Å². The van der Waals surface area contributed by atoms with Crippen LogP contribution in [0.5, 0.6) is 0 Å². The Kier molecular flexibility index (Phi) is 5.47. The van der Waals surface area contributed by atoms with E-state index < -0.39 is 15.9 Å². The summed E-state index contributed by atoms with van der Waals surface area (Å²) < 4.78 is 35.5. The predicted molar refractivity (Wildman–Crippen MR) is 129 cm³/mol. The van der Waals surface area contributed by atoms with Crippen LogP contribution in [-0.4, -0.2) is 59.7 Å². The normalized spacial score (nSPS) is 15.1. The average molecular weight is 481 g/mol. The molecule has 2 aromatic heterocycles. The quantitative estimate of drug-likeness (QED) is 0.448. The number of carbonyl (C=O) groups excluding carboxylic acids is 1. The van der Waals surface area contributed by atoms with Gasteiger partial charge in [0.2, 0.25) is 10.0 Å². The van der Waals surface area contributed by atoms with Crippen LogP contribution >= 0.6 is 0 Å². The number of amides is 1. The number of pyridine rings is 1. The first-order valence-electron chi connectivity index (χ1n) is 10.8. The van der Waals surface area contributed by atoms with Gasteiger partial charge in [0.05, 0.1) is 41.7 Å². The molecule has 5 rings (SSSR count). The van der Waals surface area contributed by atoms with E-state index in [1.807, 2.05) is 25.2 Å². The highest BCUT2D eigenvalue weighted by Gasteiger charge is 2.30. The number of morpholine rings is 1. The zero-order valence-electron chi connectivity index (χ0n) is 18.8. The first-order chi connectivity index (χ1) is 16.3. The Bertz CT molecular complexity index is 1540. The van der Waals surface area contributed by atoms with Crippen LogP contribution in [0.3, 0.4) is 0 Å². The van der Waals surface area contributed by atoms with Crippen LogP contribution in [0.15, 0.2) is 47.6 Å². The largest absolute Gasteiger partial charge is 0.379 e. The Labute approximate surface area is 196 Å². The molecule has 0 saturated carbocycles. The Morgan fingerprint density at radius 1 is 1.15 bits per heavy atom. The number of nitrogens with zero attached hydrogens (tertiary/aromatic N) is 4. The Morgan fingerprint density at radius 3 is 2.65 bits per heavy atom. The van der Waals surface area contributed by atoms with Crippen LogP contribution in [0.2, 0.25) is 0 Å². The Hall–Kier alpha value is -3.54. The van der Waals surface area contributed by atoms with Crippen LogP contribution in [0.4, 0.5) is 11.4 Å². The van der Waals surface area contributed by atoms with Gasteiger partial charge < -0.3 is 15.8 Å². The van der Waals surface area contributed by atoms with E-state index in [4.69, 9.17) is 10.5 Å². The van der Waals surface area contributed by atoms with E-state index in [-0.39, 0.29) is 29.1 Å². The number of ether oxygens (including phenoxy) is 1. The molecule has 11 heteroatoms. The molecule has 0 radical (unpaired) electrons. The molecule has 3 heterocycles. The molecular weight excluding hydrogens is 456 g/mol. The lowest BCUT2D eigenvalue weighted by molar-refractivity contribution is 0.0730. The van der Waals surface area contributed by atoms with Gasteiger partial charge in [0.25, 0.3) is 5.91 Å². The molecule has 2 aromatic carbocycles. The van der Waals surface area contributed by atoms with Gasteiger partial charge in [0.1, 0.15) is 4.90 Å². The molecule has 1 fully saturated rings. The number of fused-ring (bicyclic) bond motifs is 2. The molecule has 4 aromatic rings. The molecule has 1 saturated heterocycles. The molecule has 10 nitrogen and oxygen atoms in total. The maximum atomic E-state index is 13.5. The average Bonchev–Trinajstić information content (AvgIpc) is 3.19. The van der Waals surface area contributed by atoms with Crippen molar-refractivity contribution in [2.24, 2.45) is 12.8 Å². The van der Waals surface area contributed by atoms with Crippen LogP contribution < -0.4 is 11.1 Å². The number of aryl methyl sites for hydroxylation is 2. The van der Waals surface area contributed by atoms with Crippen LogP contribution in [-0.2, 0) is 21.8 Å². The van der Waals surface area contributed by atoms with Gasteiger partial charge in [0.15, 0.2) is 0 Å². The summed E-state index contributed by atoms with van der Waals surface area (Å²) in [7, 11) is -1.98. The van der Waals surface area contributed by atoms with Crippen molar-refractivity contribution in [1.29, 1.82) is 0 Å². The van der Waals surface area contributed by atoms with Crippen molar-refractivity contribution >= 4 is 49.1 Å². The molecule has 1 aliphatic rings. The maximum absolute atomic E-state index is 13.5. The second kappa shape index (κ2) is 8.35. The van der Waals surface area contributed by atoms with Crippen LogP contribution in [0.1, 0.15) is 15.9 Å². The molecule has 1 amide bonds. The van der Waals surface area contributed by atoms with Gasteiger partial charge in [-0.05, 0) is 42.8 Å². The third-order valence-corrected chi connectivity index (χ3v) is 7.86. The minimum absolute atomic E-state index is 0.0885. The fraction of sp³-hybridized carbons (Fsp3) is 0.261. The molecule has 0 spiro atoms. The van der Waals surface area contributed by atoms with Gasteiger partial charge >= 0.3 is 0 Å². The number of carbonyl (C=O) groups is 1. The molecule has 0 bridgehead atoms. The van der Waals surface area contributed by atoms with E-state index in [1.54, 1.807) is 29.9 Å². The number of benzene rings is 2. The van der Waals surface area contributed by atoms with Crippen molar-refractivity contribution in [1.82, 2.24) is 19.1 Å². The summed E-state index contributed by atoms with van der Waals surface area (Å²) in [6.45, 7) is 3.02. The number of nitrogens with two attached hydrogens (primary N) is 1. The summed E-state index contributed by atoms with van der Waals surface area (Å²) in [5.74, 6) is -0.669. The van der Waals surface area contributed by atoms with Crippen molar-refractivity contribution < 1.29 is 17.9 Å². The van der Waals surface area contributed by atoms with E-state index in [0.717, 1.165) is 10.9 Å². The van der Waals surface area contributed by atoms with E-state index in [2.05, 4.69) is 15.4 Å². The first kappa shape index (κ1) is 22.3. The van der Waals surface area contributed by atoms with Crippen molar-refractivity contribution in [3.63, 3.8) is 0 Å². The van der Waals surface area contributed by atoms with Crippen molar-refractivity contribution in [2.75, 3.05) is 31.6 Å². The van der Waals surface area contributed by atoms with Gasteiger partial charge in [0, 0.05) is 42.8 Å². The fourth-order valence-corrected chi connectivity index (χ4v) is 5.87. The highest BCUT2D eigenvalue weighted by atomic mass is 32.2. The number of anilines is 2. The second-order valence-corrected chi connectivity index (χ2v) is 10.2. The number of primary amides is 1. The molecule has 34 heavy (non-hydrogen) atoms. The Morgan fingerprint density at radius 2 is 1.91 bits per heavy atom. The van der Waals surface area contributed by atoms with Crippen molar-refractivity contribution in [2.45, 2.75) is 11.8 Å². The number of hydrogen-bond donors (Lipinski definition) is 2. The van der Waals surface area contributed by atoms with Crippen LogP contribution in [0, 0.1) is 6.92 Å². The van der Waals surface area contributed by atoms with Gasteiger partial charge in [-0.2, -0.15) is 9.40 Å². The van der Waals surface area contributed by atoms with Gasteiger partial charge in [-0.1, -0.05) is 0 Å². The molecular formula is C23H24N6O4S. The van der Waals surface area contributed by atoms with Crippen molar-refractivity contribution in [3.8, 4) is 0 Å². The zero-order valence-corrected chi connectivity index (χ0v) is 19.6. The third-order valence-electron chi connectivity index (χ3n) is 5.95. The SMILES string of the molecule is Cc1cc(S(=O)(=O)N2CCOCC2)c2ncc(C(N)=O)c(Nc3ccc4cnn(C)c4c3)c2c1. The summed E-state index contributed by atoms with van der Waals surface area (Å²) in [4.78, 5) is 16.7. The standard InChI is InChI=1S/C23H24N6O4S/c1-14-9-17-21(27-16-4-3-15-12-26-28(2)19(15)11-16)18(23(24)30)13-25-22(17)20(10-14)34(31,32)29-5-7-33-8-6-29/h3-4,9-13H,5-8H2,1-2H3,(H2,24,30)(H,25,27). The predicted octanol–water partition coefficient (Wildman–Crippen LogP) is 2.29. The molecule has 176 valence electrons. The zero-order chi connectivity index (χ0) is 24.0. The minimum Gasteiger partial charge on any atom is -0.379 e. The van der Waals surface area contributed by atoms with E-state index in [9.17, 15) is 13.2 Å². The molecule has 0 atom stereocenters. The summed E-state index contributed by atoms with van der Waals surface area (Å²) >= 11 is 0. The lowest BCUT2D eigenvalue weighted by Gasteiger charge is -2.26. The first-order valence-corrected chi connectivity index (χ1v) is 12.2. The maximum Gasteiger partial charge on any atom is 0.252 e. The number of aromatic nitrogens is 3. The molecule has 3 N–H and O–H groups in total. The summed E-state index contributed by atoms with van der Waals surface area (Å²) in [6, 6.07) is 9.09. The number of nitrogens with one attached hydrogen (secondary N) is 1. The molecule has 0 aliphatic carbocycles. The summed E-state index contributed by atoms with van der Waals surface area (Å²) in [5.41, 5.74) is 8.81. The highest BCUT2D eigenvalue weighted by Crippen LogP contribution is 2.35. The minimum atomic E-state index is -3.83. The van der Waals surface area contributed by atoms with Gasteiger partial charge in [-0.15, -0.1) is 0 Å². The van der Waals surface area contributed by atoms with Gasteiger partial charge in [-0.25, -0.2) is 8.42 Å². The molecule has 1 aliphatic heterocycles. The summed E-state index contributed by atoms with van der Waals surface area (Å²) in [5, 5.41) is 9.00. The second-order valence-electron chi connectivity index (χ2n) is 8.25. The van der Waals surface area contributed by atoms with E-state index in [0.29, 0.717) is 35.5 Å². The monoisotopic (exact) mass is 480 g/mol.